The van der Waals surface area contributed by atoms with E-state index < -0.39 is 5.54 Å². The smallest absolute Gasteiger partial charge is 0.224 e. The zero-order valence-corrected chi connectivity index (χ0v) is 16.4. The molecule has 3 N–H and O–H groups in total. The fourth-order valence-corrected chi connectivity index (χ4v) is 2.11. The molecule has 0 bridgehead atoms. The van der Waals surface area contributed by atoms with Crippen LogP contribution in [0.5, 0.6) is 0 Å². The number of thiocarbonyl (C=S) groups is 1. The number of carbonyl (C=O) groups excluding carboxylic acids is 3. The largest absolute Gasteiger partial charge is 0.354 e. The standard InChI is InChI=1S/C17H31N3O3S/c1-11(2)16(23)20-17(5,6)10-9-15(22)18-12(3)7-8-14(21)19-13(4)24/h11-12H,7-10H2,1-6H3,(H,18,22)(H,20,23)(H,19,21,24). The van der Waals surface area contributed by atoms with Gasteiger partial charge in [0.05, 0.1) is 4.99 Å². The van der Waals surface area contributed by atoms with Crippen molar-refractivity contribution in [2.75, 3.05) is 0 Å². The number of nitrogens with one attached hydrogen (secondary N) is 3. The Kier molecular flexibility index (Phi) is 9.73. The second kappa shape index (κ2) is 10.4. The molecular formula is C17H31N3O3S. The summed E-state index contributed by atoms with van der Waals surface area (Å²) < 4.78 is 0. The molecule has 0 aliphatic rings. The first-order chi connectivity index (χ1) is 10.9. The summed E-state index contributed by atoms with van der Waals surface area (Å²) in [5, 5.41) is 8.37. The van der Waals surface area contributed by atoms with E-state index in [0.29, 0.717) is 30.7 Å². The molecule has 138 valence electrons. The van der Waals surface area contributed by atoms with Gasteiger partial charge in [0, 0.05) is 30.3 Å². The Balaban J connectivity index is 4.13. The molecule has 3 amide bonds. The molecule has 0 spiro atoms. The van der Waals surface area contributed by atoms with Crippen LogP contribution in [0.2, 0.25) is 0 Å². The highest BCUT2D eigenvalue weighted by Crippen LogP contribution is 2.12. The zero-order chi connectivity index (χ0) is 18.9. The Hall–Kier alpha value is -1.50. The Bertz CT molecular complexity index is 476. The van der Waals surface area contributed by atoms with Crippen molar-refractivity contribution in [2.45, 2.75) is 78.8 Å². The highest BCUT2D eigenvalue weighted by molar-refractivity contribution is 7.80. The lowest BCUT2D eigenvalue weighted by atomic mass is 9.97. The molecule has 0 aliphatic carbocycles. The van der Waals surface area contributed by atoms with Gasteiger partial charge in [-0.25, -0.2) is 0 Å². The zero-order valence-electron chi connectivity index (χ0n) is 15.6. The molecule has 0 saturated carbocycles. The van der Waals surface area contributed by atoms with Crippen molar-refractivity contribution in [3.05, 3.63) is 0 Å². The highest BCUT2D eigenvalue weighted by Gasteiger charge is 2.23. The molecule has 0 heterocycles. The van der Waals surface area contributed by atoms with Crippen molar-refractivity contribution in [3.8, 4) is 0 Å². The van der Waals surface area contributed by atoms with Crippen LogP contribution in [0.25, 0.3) is 0 Å². The van der Waals surface area contributed by atoms with Crippen LogP contribution in [0.3, 0.4) is 0 Å². The van der Waals surface area contributed by atoms with E-state index in [-0.39, 0.29) is 29.7 Å². The molecule has 0 saturated heterocycles. The molecule has 1 unspecified atom stereocenters. The van der Waals surface area contributed by atoms with E-state index in [9.17, 15) is 14.4 Å². The second-order valence-corrected chi connectivity index (χ2v) is 7.75. The highest BCUT2D eigenvalue weighted by atomic mass is 32.1. The molecule has 0 rings (SSSR count). The molecule has 7 heteroatoms. The van der Waals surface area contributed by atoms with Gasteiger partial charge in [0.15, 0.2) is 0 Å². The van der Waals surface area contributed by atoms with Crippen molar-refractivity contribution in [1.29, 1.82) is 0 Å². The Morgan fingerprint density at radius 1 is 1.04 bits per heavy atom. The fourth-order valence-electron chi connectivity index (χ4n) is 1.99. The minimum absolute atomic E-state index is 0.0198. The second-order valence-electron chi connectivity index (χ2n) is 7.14. The third-order valence-corrected chi connectivity index (χ3v) is 3.59. The summed E-state index contributed by atoms with van der Waals surface area (Å²) in [6, 6.07) is -0.0953. The number of hydrogen-bond donors (Lipinski definition) is 3. The Morgan fingerprint density at radius 2 is 1.62 bits per heavy atom. The van der Waals surface area contributed by atoms with Crippen LogP contribution in [0.1, 0.15) is 67.2 Å². The summed E-state index contributed by atoms with van der Waals surface area (Å²) >= 11 is 4.81. The third kappa shape index (κ3) is 11.1. The Labute approximate surface area is 150 Å². The molecule has 0 aromatic heterocycles. The van der Waals surface area contributed by atoms with Crippen molar-refractivity contribution in [2.24, 2.45) is 5.92 Å². The SMILES string of the molecule is CC(=S)NC(=O)CCC(C)NC(=O)CCC(C)(C)NC(=O)C(C)C. The van der Waals surface area contributed by atoms with E-state index in [2.05, 4.69) is 16.0 Å². The molecule has 0 fully saturated rings. The van der Waals surface area contributed by atoms with E-state index in [4.69, 9.17) is 12.2 Å². The van der Waals surface area contributed by atoms with Gasteiger partial charge in [-0.3, -0.25) is 14.4 Å². The summed E-state index contributed by atoms with van der Waals surface area (Å²) in [7, 11) is 0. The van der Waals surface area contributed by atoms with Gasteiger partial charge in [-0.05, 0) is 40.5 Å². The molecule has 6 nitrogen and oxygen atoms in total. The number of carbonyl (C=O) groups is 3. The van der Waals surface area contributed by atoms with Crippen LogP contribution in [0, 0.1) is 5.92 Å². The maximum atomic E-state index is 12.0. The van der Waals surface area contributed by atoms with Crippen molar-refractivity contribution >= 4 is 34.9 Å². The van der Waals surface area contributed by atoms with E-state index in [0.717, 1.165) is 0 Å². The average molecular weight is 358 g/mol. The molecule has 0 radical (unpaired) electrons. The molecule has 0 aliphatic heterocycles. The molecule has 24 heavy (non-hydrogen) atoms. The van der Waals surface area contributed by atoms with Gasteiger partial charge in [0.2, 0.25) is 17.7 Å². The van der Waals surface area contributed by atoms with Gasteiger partial charge < -0.3 is 16.0 Å². The average Bonchev–Trinajstić information content (AvgIpc) is 2.42. The van der Waals surface area contributed by atoms with Crippen molar-refractivity contribution in [3.63, 3.8) is 0 Å². The lowest BCUT2D eigenvalue weighted by Crippen LogP contribution is -2.46. The topological polar surface area (TPSA) is 87.3 Å². The minimum atomic E-state index is -0.432. The third-order valence-electron chi connectivity index (χ3n) is 3.49. The van der Waals surface area contributed by atoms with E-state index in [1.807, 2.05) is 34.6 Å². The predicted molar refractivity (Wildman–Crippen MR) is 99.5 cm³/mol. The lowest BCUT2D eigenvalue weighted by Gasteiger charge is -2.27. The quantitative estimate of drug-likeness (QED) is 0.551. The monoisotopic (exact) mass is 357 g/mol. The van der Waals surface area contributed by atoms with Crippen LogP contribution in [0.4, 0.5) is 0 Å². The summed E-state index contributed by atoms with van der Waals surface area (Å²) in [6.45, 7) is 11.0. The maximum Gasteiger partial charge on any atom is 0.224 e. The van der Waals surface area contributed by atoms with Crippen LogP contribution >= 0.6 is 12.2 Å². The first-order valence-electron chi connectivity index (χ1n) is 8.34. The fraction of sp³-hybridized carbons (Fsp3) is 0.765. The van der Waals surface area contributed by atoms with Crippen molar-refractivity contribution in [1.82, 2.24) is 16.0 Å². The molecule has 0 aromatic rings. The van der Waals surface area contributed by atoms with Gasteiger partial charge in [0.25, 0.3) is 0 Å². The summed E-state index contributed by atoms with van der Waals surface area (Å²) in [5.74, 6) is -0.323. The van der Waals surface area contributed by atoms with Gasteiger partial charge in [0.1, 0.15) is 0 Å². The predicted octanol–water partition coefficient (Wildman–Crippen LogP) is 2.07. The van der Waals surface area contributed by atoms with Crippen LogP contribution in [-0.2, 0) is 14.4 Å². The van der Waals surface area contributed by atoms with E-state index in [1.54, 1.807) is 6.92 Å². The summed E-state index contributed by atoms with van der Waals surface area (Å²) in [6.07, 6.45) is 1.73. The van der Waals surface area contributed by atoms with Gasteiger partial charge in [-0.1, -0.05) is 26.1 Å². The Morgan fingerprint density at radius 3 is 2.12 bits per heavy atom. The number of hydrogen-bond acceptors (Lipinski definition) is 4. The minimum Gasteiger partial charge on any atom is -0.354 e. The molecule has 1 atom stereocenters. The van der Waals surface area contributed by atoms with Crippen LogP contribution in [-0.4, -0.2) is 34.3 Å². The molecular weight excluding hydrogens is 326 g/mol. The van der Waals surface area contributed by atoms with Gasteiger partial charge in [-0.15, -0.1) is 0 Å². The lowest BCUT2D eigenvalue weighted by molar-refractivity contribution is -0.127. The van der Waals surface area contributed by atoms with Gasteiger partial charge in [-0.2, -0.15) is 0 Å². The van der Waals surface area contributed by atoms with E-state index in [1.165, 1.54) is 0 Å². The van der Waals surface area contributed by atoms with Crippen LogP contribution in [0.15, 0.2) is 0 Å². The normalized spacial score (nSPS) is 12.5. The van der Waals surface area contributed by atoms with Crippen molar-refractivity contribution < 1.29 is 14.4 Å². The van der Waals surface area contributed by atoms with E-state index >= 15 is 0 Å². The first kappa shape index (κ1) is 22.5. The van der Waals surface area contributed by atoms with Gasteiger partial charge >= 0.3 is 0 Å². The molecule has 0 aromatic carbocycles. The number of rotatable bonds is 9. The number of amides is 3. The summed E-state index contributed by atoms with van der Waals surface area (Å²) in [5.41, 5.74) is -0.432. The summed E-state index contributed by atoms with van der Waals surface area (Å²) in [4.78, 5) is 35.7. The van der Waals surface area contributed by atoms with Crippen LogP contribution < -0.4 is 16.0 Å². The maximum absolute atomic E-state index is 12.0. The first-order valence-corrected chi connectivity index (χ1v) is 8.75.